The van der Waals surface area contributed by atoms with Crippen molar-refractivity contribution in [2.24, 2.45) is 5.73 Å². The minimum Gasteiger partial charge on any atom is -0.376 e. The lowest BCUT2D eigenvalue weighted by Gasteiger charge is -2.30. The van der Waals surface area contributed by atoms with Gasteiger partial charge in [-0.05, 0) is 38.7 Å². The van der Waals surface area contributed by atoms with Crippen LogP contribution < -0.4 is 11.1 Å². The quantitative estimate of drug-likeness (QED) is 0.859. The van der Waals surface area contributed by atoms with Crippen LogP contribution in [0.25, 0.3) is 0 Å². The summed E-state index contributed by atoms with van der Waals surface area (Å²) in [6.07, 6.45) is 2.35. The second-order valence-corrected chi connectivity index (χ2v) is 5.80. The largest absolute Gasteiger partial charge is 0.376 e. The van der Waals surface area contributed by atoms with Crippen LogP contribution in [0.1, 0.15) is 32.3 Å². The molecule has 20 heavy (non-hydrogen) atoms. The zero-order chi connectivity index (χ0) is 14.6. The van der Waals surface area contributed by atoms with E-state index in [2.05, 4.69) is 17.4 Å². The van der Waals surface area contributed by atoms with Crippen molar-refractivity contribution < 1.29 is 9.53 Å². The highest BCUT2D eigenvalue weighted by Crippen LogP contribution is 2.25. The number of benzene rings is 1. The van der Waals surface area contributed by atoms with Crippen LogP contribution in [0.2, 0.25) is 0 Å². The van der Waals surface area contributed by atoms with Gasteiger partial charge in [-0.1, -0.05) is 30.3 Å². The number of carbonyl (C=O) groups is 1. The van der Waals surface area contributed by atoms with Crippen LogP contribution in [-0.4, -0.2) is 30.2 Å². The van der Waals surface area contributed by atoms with Crippen molar-refractivity contribution in [2.75, 3.05) is 6.61 Å². The topological polar surface area (TPSA) is 64.3 Å². The summed E-state index contributed by atoms with van der Waals surface area (Å²) in [4.78, 5) is 12.2. The van der Waals surface area contributed by atoms with E-state index in [1.165, 1.54) is 5.56 Å². The fourth-order valence-corrected chi connectivity index (χ4v) is 2.47. The maximum absolute atomic E-state index is 12.2. The van der Waals surface area contributed by atoms with E-state index in [1.54, 1.807) is 0 Å². The lowest BCUT2D eigenvalue weighted by molar-refractivity contribution is -0.124. The fraction of sp³-hybridized carbons (Fsp3) is 0.562. The van der Waals surface area contributed by atoms with Gasteiger partial charge in [0.15, 0.2) is 0 Å². The van der Waals surface area contributed by atoms with Crippen molar-refractivity contribution >= 4 is 5.91 Å². The van der Waals surface area contributed by atoms with Gasteiger partial charge in [0.05, 0.1) is 17.7 Å². The summed E-state index contributed by atoms with van der Waals surface area (Å²) in [6.45, 7) is 4.70. The van der Waals surface area contributed by atoms with Crippen LogP contribution in [0.15, 0.2) is 30.3 Å². The van der Waals surface area contributed by atoms with Crippen LogP contribution in [0.3, 0.4) is 0 Å². The first-order chi connectivity index (χ1) is 9.51. The normalized spacial score (nSPS) is 27.2. The van der Waals surface area contributed by atoms with Gasteiger partial charge in [-0.2, -0.15) is 0 Å². The minimum atomic E-state index is -0.472. The molecule has 1 aromatic carbocycles. The van der Waals surface area contributed by atoms with Gasteiger partial charge < -0.3 is 15.8 Å². The molecule has 3 unspecified atom stereocenters. The van der Waals surface area contributed by atoms with Gasteiger partial charge in [0, 0.05) is 6.61 Å². The summed E-state index contributed by atoms with van der Waals surface area (Å²) in [6, 6.07) is 9.62. The molecule has 3 N–H and O–H groups in total. The Labute approximate surface area is 120 Å². The number of nitrogens with one attached hydrogen (secondary N) is 1. The highest BCUT2D eigenvalue weighted by Gasteiger charge is 2.38. The van der Waals surface area contributed by atoms with E-state index in [0.29, 0.717) is 13.0 Å². The number of nitrogens with two attached hydrogens (primary N) is 1. The molecular formula is C16H24N2O2. The second-order valence-electron chi connectivity index (χ2n) is 5.80. The summed E-state index contributed by atoms with van der Waals surface area (Å²) in [5, 5.41) is 3.05. The predicted octanol–water partition coefficient (Wildman–Crippen LogP) is 1.63. The van der Waals surface area contributed by atoms with Crippen LogP contribution >= 0.6 is 0 Å². The van der Waals surface area contributed by atoms with E-state index in [1.807, 2.05) is 32.0 Å². The van der Waals surface area contributed by atoms with E-state index < -0.39 is 6.04 Å². The van der Waals surface area contributed by atoms with Gasteiger partial charge in [0.1, 0.15) is 0 Å². The summed E-state index contributed by atoms with van der Waals surface area (Å²) >= 11 is 0. The lowest BCUT2D eigenvalue weighted by atomic mass is 9.94. The molecule has 0 aromatic heterocycles. The molecule has 1 aliphatic heterocycles. The SMILES string of the molecule is CC1OCCC1(C)NC(=O)C(N)CCc1ccccc1. The number of carbonyl (C=O) groups excluding carboxylic acids is 1. The zero-order valence-electron chi connectivity index (χ0n) is 12.3. The Morgan fingerprint density at radius 2 is 2.20 bits per heavy atom. The van der Waals surface area contributed by atoms with Crippen LogP contribution in [0, 0.1) is 0 Å². The van der Waals surface area contributed by atoms with Gasteiger partial charge in [0.2, 0.25) is 5.91 Å². The highest BCUT2D eigenvalue weighted by atomic mass is 16.5. The Morgan fingerprint density at radius 3 is 2.80 bits per heavy atom. The molecule has 110 valence electrons. The molecule has 1 heterocycles. The molecule has 1 fully saturated rings. The molecule has 1 amide bonds. The monoisotopic (exact) mass is 276 g/mol. The molecule has 0 spiro atoms. The molecular weight excluding hydrogens is 252 g/mol. The predicted molar refractivity (Wildman–Crippen MR) is 79.3 cm³/mol. The van der Waals surface area contributed by atoms with Gasteiger partial charge in [-0.3, -0.25) is 4.79 Å². The number of ether oxygens (including phenoxy) is 1. The summed E-state index contributed by atoms with van der Waals surface area (Å²) < 4.78 is 5.52. The first-order valence-electron chi connectivity index (χ1n) is 7.24. The maximum Gasteiger partial charge on any atom is 0.237 e. The Bertz CT molecular complexity index is 449. The van der Waals surface area contributed by atoms with Crippen LogP contribution in [0.5, 0.6) is 0 Å². The number of amides is 1. The molecule has 4 nitrogen and oxygen atoms in total. The van der Waals surface area contributed by atoms with E-state index >= 15 is 0 Å². The van der Waals surface area contributed by atoms with Crippen molar-refractivity contribution in [1.82, 2.24) is 5.32 Å². The maximum atomic E-state index is 12.2. The number of hydrogen-bond donors (Lipinski definition) is 2. The molecule has 3 atom stereocenters. The van der Waals surface area contributed by atoms with E-state index in [4.69, 9.17) is 10.5 Å². The Hall–Kier alpha value is -1.39. The molecule has 0 radical (unpaired) electrons. The average molecular weight is 276 g/mol. The lowest BCUT2D eigenvalue weighted by Crippen LogP contribution is -2.55. The Morgan fingerprint density at radius 1 is 1.50 bits per heavy atom. The minimum absolute atomic E-state index is 0.0350. The van der Waals surface area contributed by atoms with Gasteiger partial charge >= 0.3 is 0 Å². The average Bonchev–Trinajstić information content (AvgIpc) is 2.76. The van der Waals surface area contributed by atoms with Gasteiger partial charge in [0.25, 0.3) is 0 Å². The van der Waals surface area contributed by atoms with Crippen molar-refractivity contribution in [3.63, 3.8) is 0 Å². The van der Waals surface area contributed by atoms with Crippen molar-refractivity contribution in [3.8, 4) is 0 Å². The molecule has 4 heteroatoms. The van der Waals surface area contributed by atoms with Crippen molar-refractivity contribution in [1.29, 1.82) is 0 Å². The van der Waals surface area contributed by atoms with Gasteiger partial charge in [-0.15, -0.1) is 0 Å². The molecule has 2 rings (SSSR count). The number of hydrogen-bond acceptors (Lipinski definition) is 3. The molecule has 1 saturated heterocycles. The second kappa shape index (κ2) is 6.37. The first kappa shape index (κ1) is 15.0. The molecule has 1 aromatic rings. The first-order valence-corrected chi connectivity index (χ1v) is 7.24. The molecule has 0 aliphatic carbocycles. The van der Waals surface area contributed by atoms with Crippen LogP contribution in [0.4, 0.5) is 0 Å². The number of rotatable bonds is 5. The standard InChI is InChI=1S/C16H24N2O2/c1-12-16(2,10-11-20-12)18-15(19)14(17)9-8-13-6-4-3-5-7-13/h3-7,12,14H,8-11,17H2,1-2H3,(H,18,19). The summed E-state index contributed by atoms with van der Waals surface area (Å²) in [5.41, 5.74) is 6.91. The number of aryl methyl sites for hydroxylation is 1. The van der Waals surface area contributed by atoms with Crippen LogP contribution in [-0.2, 0) is 16.0 Å². The zero-order valence-corrected chi connectivity index (χ0v) is 12.3. The third-order valence-electron chi connectivity index (χ3n) is 4.22. The molecule has 1 aliphatic rings. The van der Waals surface area contributed by atoms with Crippen molar-refractivity contribution in [3.05, 3.63) is 35.9 Å². The fourth-order valence-electron chi connectivity index (χ4n) is 2.47. The molecule has 0 saturated carbocycles. The Balaban J connectivity index is 1.83. The van der Waals surface area contributed by atoms with Crippen molar-refractivity contribution in [2.45, 2.75) is 50.8 Å². The summed E-state index contributed by atoms with van der Waals surface area (Å²) in [7, 11) is 0. The third kappa shape index (κ3) is 3.58. The van der Waals surface area contributed by atoms with E-state index in [0.717, 1.165) is 12.8 Å². The molecule has 0 bridgehead atoms. The smallest absolute Gasteiger partial charge is 0.237 e. The van der Waals surface area contributed by atoms with E-state index in [9.17, 15) is 4.79 Å². The third-order valence-corrected chi connectivity index (χ3v) is 4.22. The van der Waals surface area contributed by atoms with E-state index in [-0.39, 0.29) is 17.6 Å². The summed E-state index contributed by atoms with van der Waals surface area (Å²) in [5.74, 6) is -0.0826. The van der Waals surface area contributed by atoms with Gasteiger partial charge in [-0.25, -0.2) is 0 Å². The Kier molecular flexibility index (Phi) is 4.78. The highest BCUT2D eigenvalue weighted by molar-refractivity contribution is 5.82.